The third kappa shape index (κ3) is 3.18. The number of hydrogen-bond donors (Lipinski definition) is 0. The van der Waals surface area contributed by atoms with Gasteiger partial charge in [0, 0.05) is 43.2 Å². The van der Waals surface area contributed by atoms with E-state index in [4.69, 9.17) is 0 Å². The molecule has 26 heavy (non-hydrogen) atoms. The van der Waals surface area contributed by atoms with Gasteiger partial charge in [0.1, 0.15) is 0 Å². The number of benzene rings is 2. The number of hydrogen-bond acceptors (Lipinski definition) is 5. The summed E-state index contributed by atoms with van der Waals surface area (Å²) in [6, 6.07) is 15.7. The van der Waals surface area contributed by atoms with Crippen molar-refractivity contribution in [3.05, 3.63) is 70.4 Å². The molecule has 1 unspecified atom stereocenters. The molecule has 134 valence electrons. The van der Waals surface area contributed by atoms with Crippen LogP contribution in [0.1, 0.15) is 11.6 Å². The van der Waals surface area contributed by atoms with Crippen molar-refractivity contribution in [2.24, 2.45) is 0 Å². The fourth-order valence-electron chi connectivity index (χ4n) is 3.59. The molecular weight excluding hydrogens is 330 g/mol. The molecule has 3 aromatic rings. The highest BCUT2D eigenvalue weighted by Gasteiger charge is 2.27. The quantitative estimate of drug-likeness (QED) is 0.534. The van der Waals surface area contributed by atoms with E-state index in [1.807, 2.05) is 10.7 Å². The van der Waals surface area contributed by atoms with Crippen molar-refractivity contribution < 1.29 is 4.92 Å². The van der Waals surface area contributed by atoms with Crippen LogP contribution in [-0.4, -0.2) is 51.2 Å². The molecule has 1 saturated heterocycles. The first-order valence-electron chi connectivity index (χ1n) is 8.69. The van der Waals surface area contributed by atoms with Crippen LogP contribution in [0.3, 0.4) is 0 Å². The number of fused-ring (bicyclic) bond motifs is 1. The number of rotatable bonds is 4. The molecule has 4 rings (SSSR count). The Labute approximate surface area is 151 Å². The zero-order valence-electron chi connectivity index (χ0n) is 14.7. The lowest BCUT2D eigenvalue weighted by Gasteiger charge is -2.40. The number of piperazine rings is 1. The van der Waals surface area contributed by atoms with Crippen LogP contribution >= 0.6 is 0 Å². The molecule has 0 aliphatic carbocycles. The Kier molecular flexibility index (Phi) is 4.40. The van der Waals surface area contributed by atoms with Crippen LogP contribution in [0.5, 0.6) is 0 Å². The summed E-state index contributed by atoms with van der Waals surface area (Å²) in [6.45, 7) is 3.59. The lowest BCUT2D eigenvalue weighted by atomic mass is 10.0. The highest BCUT2D eigenvalue weighted by atomic mass is 16.6. The number of nitro groups is 1. The molecule has 0 saturated carbocycles. The summed E-state index contributed by atoms with van der Waals surface area (Å²) in [5.74, 6) is 0. The topological polar surface area (TPSA) is 67.4 Å². The molecule has 7 nitrogen and oxygen atoms in total. The second-order valence-electron chi connectivity index (χ2n) is 6.79. The minimum atomic E-state index is -0.372. The van der Waals surface area contributed by atoms with Crippen molar-refractivity contribution in [3.8, 4) is 0 Å². The summed E-state index contributed by atoms with van der Waals surface area (Å²) in [7, 11) is 2.15. The Bertz CT molecular complexity index is 924. The number of likely N-dealkylation sites (N-methyl/N-ethyl adjacent to an activating group) is 1. The average molecular weight is 351 g/mol. The van der Waals surface area contributed by atoms with Crippen molar-refractivity contribution in [2.45, 2.75) is 12.7 Å². The van der Waals surface area contributed by atoms with Crippen molar-refractivity contribution >= 4 is 16.6 Å². The fraction of sp³-hybridized carbons (Fsp3) is 0.316. The average Bonchev–Trinajstić information content (AvgIpc) is 3.06. The molecule has 1 aliphatic rings. The predicted octanol–water partition coefficient (Wildman–Crippen LogP) is 2.89. The lowest BCUT2D eigenvalue weighted by molar-refractivity contribution is -0.384. The number of aromatic nitrogens is 2. The molecule has 2 aromatic carbocycles. The predicted molar refractivity (Wildman–Crippen MR) is 99.8 cm³/mol. The first-order valence-corrected chi connectivity index (χ1v) is 8.69. The number of nitrogens with zero attached hydrogens (tertiary/aromatic N) is 5. The summed E-state index contributed by atoms with van der Waals surface area (Å²) >= 11 is 0. The third-order valence-corrected chi connectivity index (χ3v) is 5.03. The maximum atomic E-state index is 11.0. The Hall–Kier alpha value is -2.77. The summed E-state index contributed by atoms with van der Waals surface area (Å²) in [4.78, 5) is 15.4. The van der Waals surface area contributed by atoms with E-state index < -0.39 is 0 Å². The molecule has 0 N–H and O–H groups in total. The van der Waals surface area contributed by atoms with E-state index in [0.717, 1.165) is 30.5 Å². The second-order valence-corrected chi connectivity index (χ2v) is 6.79. The monoisotopic (exact) mass is 351 g/mol. The third-order valence-electron chi connectivity index (χ3n) is 5.03. The number of nitro benzene ring substituents is 1. The molecule has 1 atom stereocenters. The van der Waals surface area contributed by atoms with E-state index >= 15 is 0 Å². The van der Waals surface area contributed by atoms with E-state index in [1.54, 1.807) is 24.4 Å². The minimum Gasteiger partial charge on any atom is -0.303 e. The van der Waals surface area contributed by atoms with Gasteiger partial charge in [0.25, 0.3) is 5.69 Å². The van der Waals surface area contributed by atoms with Gasteiger partial charge >= 0.3 is 0 Å². The Balaban J connectivity index is 1.62. The van der Waals surface area contributed by atoms with Crippen LogP contribution in [0.4, 0.5) is 5.69 Å². The molecular formula is C19H21N5O2. The Morgan fingerprint density at radius 1 is 1.19 bits per heavy atom. The smallest absolute Gasteiger partial charge is 0.270 e. The van der Waals surface area contributed by atoms with Crippen LogP contribution in [0.25, 0.3) is 10.9 Å². The zero-order valence-corrected chi connectivity index (χ0v) is 14.7. The summed E-state index contributed by atoms with van der Waals surface area (Å²) in [5, 5.41) is 16.2. The van der Waals surface area contributed by atoms with Gasteiger partial charge in [-0.1, -0.05) is 30.3 Å². The van der Waals surface area contributed by atoms with E-state index in [1.165, 1.54) is 5.56 Å². The normalized spacial score (nSPS) is 19.0. The summed E-state index contributed by atoms with van der Waals surface area (Å²) < 4.78 is 1.93. The molecule has 0 spiro atoms. The maximum Gasteiger partial charge on any atom is 0.270 e. The molecule has 1 aromatic heterocycles. The lowest BCUT2D eigenvalue weighted by Crippen LogP contribution is -2.47. The van der Waals surface area contributed by atoms with Gasteiger partial charge in [0.05, 0.1) is 23.3 Å². The van der Waals surface area contributed by atoms with E-state index in [9.17, 15) is 10.1 Å². The van der Waals surface area contributed by atoms with Crippen molar-refractivity contribution in [2.75, 3.05) is 26.7 Å². The highest BCUT2D eigenvalue weighted by molar-refractivity contribution is 5.81. The molecule has 0 amide bonds. The van der Waals surface area contributed by atoms with Gasteiger partial charge in [-0.15, -0.1) is 0 Å². The number of non-ortho nitro benzene ring substituents is 1. The molecule has 1 aliphatic heterocycles. The molecule has 0 radical (unpaired) electrons. The fourth-order valence-corrected chi connectivity index (χ4v) is 3.59. The van der Waals surface area contributed by atoms with Gasteiger partial charge in [-0.2, -0.15) is 5.10 Å². The van der Waals surface area contributed by atoms with Crippen molar-refractivity contribution in [1.29, 1.82) is 0 Å². The maximum absolute atomic E-state index is 11.0. The molecule has 0 bridgehead atoms. The van der Waals surface area contributed by atoms with Crippen LogP contribution < -0.4 is 0 Å². The van der Waals surface area contributed by atoms with Gasteiger partial charge in [0.2, 0.25) is 0 Å². The SMILES string of the molecule is CN1CCN(Cn2ncc3cc([N+](=O)[O-])ccc32)C(c2ccccc2)C1. The van der Waals surface area contributed by atoms with E-state index in [-0.39, 0.29) is 10.6 Å². The second kappa shape index (κ2) is 6.86. The van der Waals surface area contributed by atoms with Gasteiger partial charge in [0.15, 0.2) is 0 Å². The first kappa shape index (κ1) is 16.7. The van der Waals surface area contributed by atoms with Gasteiger partial charge in [-0.3, -0.25) is 19.7 Å². The van der Waals surface area contributed by atoms with Gasteiger partial charge in [-0.25, -0.2) is 0 Å². The first-order chi connectivity index (χ1) is 12.6. The summed E-state index contributed by atoms with van der Waals surface area (Å²) in [5.41, 5.74) is 2.31. The minimum absolute atomic E-state index is 0.0961. The largest absolute Gasteiger partial charge is 0.303 e. The standard InChI is InChI=1S/C19H21N5O2/c1-21-9-10-22(19(13-21)15-5-3-2-4-6-15)14-23-18-8-7-17(24(25)26)11-16(18)12-20-23/h2-8,11-12,19H,9-10,13-14H2,1H3. The highest BCUT2D eigenvalue weighted by Crippen LogP contribution is 2.27. The van der Waals surface area contributed by atoms with E-state index in [2.05, 4.69) is 46.2 Å². The summed E-state index contributed by atoms with van der Waals surface area (Å²) in [6.07, 6.45) is 1.70. The van der Waals surface area contributed by atoms with Crippen LogP contribution in [0.2, 0.25) is 0 Å². The van der Waals surface area contributed by atoms with Crippen molar-refractivity contribution in [3.63, 3.8) is 0 Å². The Morgan fingerprint density at radius 3 is 2.77 bits per heavy atom. The van der Waals surface area contributed by atoms with Gasteiger partial charge in [-0.05, 0) is 18.7 Å². The Morgan fingerprint density at radius 2 is 2.00 bits per heavy atom. The van der Waals surface area contributed by atoms with E-state index in [0.29, 0.717) is 12.7 Å². The zero-order chi connectivity index (χ0) is 18.1. The van der Waals surface area contributed by atoms with Crippen LogP contribution in [0.15, 0.2) is 54.7 Å². The van der Waals surface area contributed by atoms with Crippen LogP contribution in [0, 0.1) is 10.1 Å². The van der Waals surface area contributed by atoms with Crippen LogP contribution in [-0.2, 0) is 6.67 Å². The van der Waals surface area contributed by atoms with Crippen molar-refractivity contribution in [1.82, 2.24) is 19.6 Å². The molecule has 1 fully saturated rings. The van der Waals surface area contributed by atoms with Gasteiger partial charge < -0.3 is 4.90 Å². The molecule has 7 heteroatoms. The molecule has 2 heterocycles.